The predicted octanol–water partition coefficient (Wildman–Crippen LogP) is 3.45. The molecule has 5 heteroatoms. The quantitative estimate of drug-likeness (QED) is 0.848. The fourth-order valence-corrected chi connectivity index (χ4v) is 4.44. The van der Waals surface area contributed by atoms with Crippen LogP contribution in [-0.4, -0.2) is 22.3 Å². The van der Waals surface area contributed by atoms with Gasteiger partial charge in [-0.1, -0.05) is 12.1 Å². The first-order valence-corrected chi connectivity index (χ1v) is 9.75. The van der Waals surface area contributed by atoms with Gasteiger partial charge in [0, 0.05) is 51.1 Å². The maximum atomic E-state index is 11.3. The van der Waals surface area contributed by atoms with E-state index in [1.54, 1.807) is 28.9 Å². The molecule has 0 fully saturated rings. The zero-order valence-electron chi connectivity index (χ0n) is 11.2. The molecule has 3 atom stereocenters. The lowest BCUT2D eigenvalue weighted by Crippen LogP contribution is -2.35. The van der Waals surface area contributed by atoms with Gasteiger partial charge in [-0.15, -0.1) is 22.7 Å². The lowest BCUT2D eigenvalue weighted by molar-refractivity contribution is 0.484. The first-order valence-electron chi connectivity index (χ1n) is 6.27. The van der Waals surface area contributed by atoms with Crippen molar-refractivity contribution in [3.8, 4) is 0 Å². The molecule has 0 aliphatic carbocycles. The molecule has 19 heavy (non-hydrogen) atoms. The summed E-state index contributed by atoms with van der Waals surface area (Å²) in [5.41, 5.74) is 0. The van der Waals surface area contributed by atoms with E-state index >= 15 is 0 Å². The van der Waals surface area contributed by atoms with E-state index in [0.717, 1.165) is 6.42 Å². The Balaban J connectivity index is 2.04. The molecular formula is C14H19NOS3. The van der Waals surface area contributed by atoms with E-state index in [1.165, 1.54) is 9.75 Å². The van der Waals surface area contributed by atoms with Crippen LogP contribution in [0, 0.1) is 0 Å². The number of thiophene rings is 2. The van der Waals surface area contributed by atoms with Crippen LogP contribution in [0.25, 0.3) is 0 Å². The van der Waals surface area contributed by atoms with Crippen molar-refractivity contribution < 1.29 is 4.21 Å². The molecule has 0 amide bonds. The minimum atomic E-state index is -0.754. The van der Waals surface area contributed by atoms with Crippen molar-refractivity contribution in [3.63, 3.8) is 0 Å². The molecule has 2 rings (SSSR count). The van der Waals surface area contributed by atoms with Gasteiger partial charge in [0.15, 0.2) is 0 Å². The van der Waals surface area contributed by atoms with E-state index in [0.29, 0.717) is 11.8 Å². The third-order valence-electron chi connectivity index (χ3n) is 2.84. The number of hydrogen-bond donors (Lipinski definition) is 1. The molecule has 2 nitrogen and oxygen atoms in total. The van der Waals surface area contributed by atoms with E-state index < -0.39 is 10.8 Å². The van der Waals surface area contributed by atoms with Crippen LogP contribution in [0.3, 0.4) is 0 Å². The number of hydrogen-bond acceptors (Lipinski definition) is 4. The summed E-state index contributed by atoms with van der Waals surface area (Å²) in [6.07, 6.45) is 2.76. The molecule has 2 heterocycles. The largest absolute Gasteiger partial charge is 0.306 e. The van der Waals surface area contributed by atoms with E-state index in [4.69, 9.17) is 0 Å². The van der Waals surface area contributed by atoms with E-state index in [-0.39, 0.29) is 6.04 Å². The SMILES string of the molecule is CC(CS(C)=O)NC(Cc1cccs1)c1cccs1. The summed E-state index contributed by atoms with van der Waals surface area (Å²) < 4.78 is 11.3. The van der Waals surface area contributed by atoms with Crippen LogP contribution in [0.1, 0.15) is 22.7 Å². The van der Waals surface area contributed by atoms with Gasteiger partial charge in [-0.05, 0) is 29.8 Å². The van der Waals surface area contributed by atoms with Gasteiger partial charge >= 0.3 is 0 Å². The predicted molar refractivity (Wildman–Crippen MR) is 86.6 cm³/mol. The van der Waals surface area contributed by atoms with E-state index in [2.05, 4.69) is 47.3 Å². The van der Waals surface area contributed by atoms with Gasteiger partial charge < -0.3 is 5.32 Å². The molecule has 0 radical (unpaired) electrons. The van der Waals surface area contributed by atoms with Gasteiger partial charge in [0.2, 0.25) is 0 Å². The van der Waals surface area contributed by atoms with Crippen molar-refractivity contribution >= 4 is 33.5 Å². The Bertz CT molecular complexity index is 493. The van der Waals surface area contributed by atoms with Crippen LogP contribution in [0.15, 0.2) is 35.0 Å². The highest BCUT2D eigenvalue weighted by Crippen LogP contribution is 2.25. The molecule has 0 saturated carbocycles. The molecule has 2 aromatic heterocycles. The minimum Gasteiger partial charge on any atom is -0.306 e. The standard InChI is InChI=1S/C14H19NOS3/c1-11(10-19(2)16)15-13(14-6-4-8-18-14)9-12-5-3-7-17-12/h3-8,11,13,15H,9-10H2,1-2H3. The lowest BCUT2D eigenvalue weighted by Gasteiger charge is -2.21. The molecule has 0 saturated heterocycles. The molecule has 104 valence electrons. The molecule has 0 aliphatic rings. The van der Waals surface area contributed by atoms with Gasteiger partial charge in [-0.25, -0.2) is 0 Å². The third kappa shape index (κ3) is 4.84. The van der Waals surface area contributed by atoms with Crippen LogP contribution >= 0.6 is 22.7 Å². The van der Waals surface area contributed by atoms with Gasteiger partial charge in [0.1, 0.15) is 0 Å². The minimum absolute atomic E-state index is 0.262. The summed E-state index contributed by atoms with van der Waals surface area (Å²) in [5, 5.41) is 7.84. The molecule has 1 N–H and O–H groups in total. The Morgan fingerprint density at radius 1 is 1.26 bits per heavy atom. The second-order valence-electron chi connectivity index (χ2n) is 4.66. The Labute approximate surface area is 125 Å². The summed E-state index contributed by atoms with van der Waals surface area (Å²) in [4.78, 5) is 2.73. The lowest BCUT2D eigenvalue weighted by atomic mass is 10.1. The molecular weight excluding hydrogens is 294 g/mol. The average Bonchev–Trinajstić information content (AvgIpc) is 2.99. The Kier molecular flexibility index (Phi) is 5.76. The molecule has 2 aromatic rings. The first-order chi connectivity index (χ1) is 9.15. The van der Waals surface area contributed by atoms with Gasteiger partial charge in [0.25, 0.3) is 0 Å². The maximum Gasteiger partial charge on any atom is 0.0465 e. The van der Waals surface area contributed by atoms with Crippen molar-refractivity contribution in [1.29, 1.82) is 0 Å². The summed E-state index contributed by atoms with van der Waals surface area (Å²) in [6, 6.07) is 9.11. The number of rotatable bonds is 7. The molecule has 0 bridgehead atoms. The first kappa shape index (κ1) is 14.9. The topological polar surface area (TPSA) is 29.1 Å². The highest BCUT2D eigenvalue weighted by Gasteiger charge is 2.17. The van der Waals surface area contributed by atoms with Crippen LogP contribution in [0.5, 0.6) is 0 Å². The summed E-state index contributed by atoms with van der Waals surface area (Å²) >= 11 is 3.57. The van der Waals surface area contributed by atoms with Crippen LogP contribution in [0.2, 0.25) is 0 Å². The van der Waals surface area contributed by atoms with Gasteiger partial charge in [-0.2, -0.15) is 0 Å². The molecule has 3 unspecified atom stereocenters. The highest BCUT2D eigenvalue weighted by molar-refractivity contribution is 7.84. The van der Waals surface area contributed by atoms with E-state index in [1.807, 2.05) is 0 Å². The van der Waals surface area contributed by atoms with Crippen molar-refractivity contribution in [2.75, 3.05) is 12.0 Å². The van der Waals surface area contributed by atoms with Crippen LogP contribution in [0.4, 0.5) is 0 Å². The van der Waals surface area contributed by atoms with E-state index in [9.17, 15) is 4.21 Å². The molecule has 0 spiro atoms. The molecule has 0 aromatic carbocycles. The average molecular weight is 314 g/mol. The fraction of sp³-hybridized carbons (Fsp3) is 0.429. The maximum absolute atomic E-state index is 11.3. The van der Waals surface area contributed by atoms with Crippen molar-refractivity contribution in [3.05, 3.63) is 44.8 Å². The normalized spacial score (nSPS) is 16.1. The van der Waals surface area contributed by atoms with Gasteiger partial charge in [0.05, 0.1) is 0 Å². The number of nitrogens with one attached hydrogen (secondary N) is 1. The van der Waals surface area contributed by atoms with Crippen molar-refractivity contribution in [2.24, 2.45) is 0 Å². The monoisotopic (exact) mass is 313 g/mol. The Hall–Kier alpha value is -0.490. The Morgan fingerprint density at radius 3 is 2.58 bits per heavy atom. The zero-order valence-corrected chi connectivity index (χ0v) is 13.6. The van der Waals surface area contributed by atoms with Crippen molar-refractivity contribution in [2.45, 2.75) is 25.4 Å². The summed E-state index contributed by atoms with van der Waals surface area (Å²) in [5.74, 6) is 0.701. The Morgan fingerprint density at radius 2 is 2.00 bits per heavy atom. The van der Waals surface area contributed by atoms with Gasteiger partial charge in [-0.3, -0.25) is 4.21 Å². The second kappa shape index (κ2) is 7.33. The zero-order chi connectivity index (χ0) is 13.7. The second-order valence-corrected chi connectivity index (χ2v) is 8.15. The van der Waals surface area contributed by atoms with Crippen LogP contribution < -0.4 is 5.32 Å². The fourth-order valence-electron chi connectivity index (χ4n) is 2.10. The van der Waals surface area contributed by atoms with Crippen LogP contribution in [-0.2, 0) is 17.2 Å². The summed E-state index contributed by atoms with van der Waals surface area (Å²) in [6.45, 7) is 2.11. The third-order valence-corrected chi connectivity index (χ3v) is 5.70. The summed E-state index contributed by atoms with van der Waals surface area (Å²) in [7, 11) is -0.754. The smallest absolute Gasteiger partial charge is 0.0465 e. The highest BCUT2D eigenvalue weighted by atomic mass is 32.2. The van der Waals surface area contributed by atoms with Crippen molar-refractivity contribution in [1.82, 2.24) is 5.32 Å². The molecule has 0 aliphatic heterocycles.